The number of aromatic carboxylic acids is 1. The van der Waals surface area contributed by atoms with Crippen LogP contribution in [-0.4, -0.2) is 33.1 Å². The molecule has 212 valence electrons. The summed E-state index contributed by atoms with van der Waals surface area (Å²) in [6.07, 6.45) is 0. The second kappa shape index (κ2) is 13.0. The molecule has 0 bridgehead atoms. The van der Waals surface area contributed by atoms with Crippen LogP contribution in [0.2, 0.25) is 20.1 Å². The summed E-state index contributed by atoms with van der Waals surface area (Å²) in [5.41, 5.74) is 2.29. The molecule has 0 aliphatic rings. The molecule has 13 heteroatoms. The Morgan fingerprint density at radius 2 is 1.54 bits per heavy atom. The molecule has 1 unspecified atom stereocenters. The average molecular weight is 669 g/mol. The first-order valence-corrected chi connectivity index (χ1v) is 15.1. The van der Waals surface area contributed by atoms with Crippen LogP contribution >= 0.6 is 69.5 Å². The standard InChI is InChI=1S/C28H21Cl4N3O4S2/c1-12-7-9-15(10-8-12)24-13(2)41-28(34-24)35-25(36)14(3)40-17-6-4-5-16(11-17)33-26(37)18-19(27(38)39)21(30)23(32)22(31)20(18)29/h4-11,14H,1-3H3,(H,33,37)(H,38,39)(H,34,35,36). The number of nitrogens with one attached hydrogen (secondary N) is 2. The van der Waals surface area contributed by atoms with Gasteiger partial charge in [0, 0.05) is 21.0 Å². The molecule has 3 N–H and O–H groups in total. The highest BCUT2D eigenvalue weighted by atomic mass is 35.5. The van der Waals surface area contributed by atoms with Crippen LogP contribution in [0.5, 0.6) is 0 Å². The van der Waals surface area contributed by atoms with Crippen LogP contribution in [0.4, 0.5) is 10.8 Å². The lowest BCUT2D eigenvalue weighted by molar-refractivity contribution is -0.115. The van der Waals surface area contributed by atoms with E-state index in [2.05, 4.69) is 15.6 Å². The summed E-state index contributed by atoms with van der Waals surface area (Å²) in [6, 6.07) is 14.7. The Morgan fingerprint density at radius 1 is 0.902 bits per heavy atom. The van der Waals surface area contributed by atoms with Crippen molar-refractivity contribution in [3.8, 4) is 11.3 Å². The first kappa shape index (κ1) is 31.2. The molecule has 2 amide bonds. The highest BCUT2D eigenvalue weighted by Gasteiger charge is 2.29. The molecule has 1 heterocycles. The topological polar surface area (TPSA) is 108 Å². The van der Waals surface area contributed by atoms with E-state index in [-0.39, 0.29) is 21.0 Å². The molecule has 0 aliphatic carbocycles. The van der Waals surface area contributed by atoms with E-state index in [0.29, 0.717) is 15.7 Å². The Labute approximate surface area is 264 Å². The number of carbonyl (C=O) groups is 3. The summed E-state index contributed by atoms with van der Waals surface area (Å²) >= 11 is 26.9. The van der Waals surface area contributed by atoms with E-state index in [1.165, 1.54) is 23.1 Å². The summed E-state index contributed by atoms with van der Waals surface area (Å²) < 4.78 is 0. The van der Waals surface area contributed by atoms with Crippen molar-refractivity contribution in [3.05, 3.63) is 90.2 Å². The summed E-state index contributed by atoms with van der Waals surface area (Å²) in [4.78, 5) is 44.1. The van der Waals surface area contributed by atoms with E-state index in [0.717, 1.165) is 21.7 Å². The summed E-state index contributed by atoms with van der Waals surface area (Å²) in [5.74, 6) is -2.58. The van der Waals surface area contributed by atoms with Gasteiger partial charge in [-0.15, -0.1) is 23.1 Å². The van der Waals surface area contributed by atoms with Crippen LogP contribution in [0, 0.1) is 13.8 Å². The Balaban J connectivity index is 1.47. The number of benzene rings is 3. The molecule has 0 saturated carbocycles. The number of thioether (sulfide) groups is 1. The van der Waals surface area contributed by atoms with Gasteiger partial charge in [0.05, 0.1) is 42.2 Å². The van der Waals surface area contributed by atoms with Crippen LogP contribution in [0.15, 0.2) is 53.4 Å². The third-order valence-electron chi connectivity index (χ3n) is 5.83. The van der Waals surface area contributed by atoms with E-state index in [4.69, 9.17) is 46.4 Å². The quantitative estimate of drug-likeness (QED) is 0.0982. The molecule has 1 aromatic heterocycles. The largest absolute Gasteiger partial charge is 0.478 e. The number of thiazole rings is 1. The SMILES string of the molecule is Cc1ccc(-c2nc(NC(=O)C(C)Sc3cccc(NC(=O)c4c(Cl)c(Cl)c(Cl)c(Cl)c4C(=O)O)c3)sc2C)cc1. The van der Waals surface area contributed by atoms with Crippen molar-refractivity contribution in [2.24, 2.45) is 0 Å². The summed E-state index contributed by atoms with van der Waals surface area (Å²) in [6.45, 7) is 5.73. The minimum Gasteiger partial charge on any atom is -0.478 e. The number of nitrogens with zero attached hydrogens (tertiary/aromatic N) is 1. The van der Waals surface area contributed by atoms with Crippen molar-refractivity contribution < 1.29 is 19.5 Å². The monoisotopic (exact) mass is 667 g/mol. The van der Waals surface area contributed by atoms with Crippen molar-refractivity contribution in [2.75, 3.05) is 10.6 Å². The van der Waals surface area contributed by atoms with Gasteiger partial charge < -0.3 is 15.7 Å². The fraction of sp³-hybridized carbons (Fsp3) is 0.143. The maximum atomic E-state index is 13.1. The molecule has 0 fully saturated rings. The molecule has 0 spiro atoms. The Kier molecular flexibility index (Phi) is 9.89. The lowest BCUT2D eigenvalue weighted by atomic mass is 10.1. The number of amides is 2. The Bertz CT molecular complexity index is 1680. The molecule has 3 aromatic carbocycles. The predicted octanol–water partition coefficient (Wildman–Crippen LogP) is 9.11. The second-order valence-corrected chi connectivity index (χ2v) is 13.0. The van der Waals surface area contributed by atoms with Gasteiger partial charge in [-0.3, -0.25) is 9.59 Å². The van der Waals surface area contributed by atoms with Crippen molar-refractivity contribution in [2.45, 2.75) is 30.9 Å². The van der Waals surface area contributed by atoms with Gasteiger partial charge in [-0.25, -0.2) is 9.78 Å². The fourth-order valence-corrected chi connectivity index (χ4v) is 6.56. The first-order valence-electron chi connectivity index (χ1n) is 11.9. The number of carboxylic acid groups (broad SMARTS) is 1. The van der Waals surface area contributed by atoms with E-state index < -0.39 is 33.3 Å². The van der Waals surface area contributed by atoms with Crippen molar-refractivity contribution in [1.82, 2.24) is 4.98 Å². The molecule has 4 aromatic rings. The normalized spacial score (nSPS) is 11.7. The minimum atomic E-state index is -1.49. The van der Waals surface area contributed by atoms with Gasteiger partial charge in [0.25, 0.3) is 5.91 Å². The highest BCUT2D eigenvalue weighted by Crippen LogP contribution is 2.42. The number of aromatic nitrogens is 1. The van der Waals surface area contributed by atoms with Gasteiger partial charge in [-0.1, -0.05) is 82.3 Å². The second-order valence-electron chi connectivity index (χ2n) is 8.83. The molecular weight excluding hydrogens is 648 g/mol. The minimum absolute atomic E-state index is 0.237. The van der Waals surface area contributed by atoms with Gasteiger partial charge in [-0.2, -0.15) is 0 Å². The average Bonchev–Trinajstić information content (AvgIpc) is 3.29. The van der Waals surface area contributed by atoms with Crippen LogP contribution < -0.4 is 10.6 Å². The molecule has 0 saturated heterocycles. The van der Waals surface area contributed by atoms with E-state index >= 15 is 0 Å². The highest BCUT2D eigenvalue weighted by molar-refractivity contribution is 8.00. The molecule has 4 rings (SSSR count). The van der Waals surface area contributed by atoms with Gasteiger partial charge in [0.1, 0.15) is 0 Å². The van der Waals surface area contributed by atoms with E-state index in [1.807, 2.05) is 38.1 Å². The molecule has 7 nitrogen and oxygen atoms in total. The number of hydrogen-bond acceptors (Lipinski definition) is 6. The number of carbonyl (C=O) groups excluding carboxylic acids is 2. The number of anilines is 2. The summed E-state index contributed by atoms with van der Waals surface area (Å²) in [5, 5.41) is 13.9. The molecule has 0 radical (unpaired) electrons. The predicted molar refractivity (Wildman–Crippen MR) is 169 cm³/mol. The third-order valence-corrected chi connectivity index (χ3v) is 9.62. The fourth-order valence-electron chi connectivity index (χ4n) is 3.78. The number of rotatable bonds is 8. The third kappa shape index (κ3) is 6.99. The van der Waals surface area contributed by atoms with Crippen LogP contribution in [-0.2, 0) is 4.79 Å². The number of halogens is 4. The zero-order chi connectivity index (χ0) is 30.0. The number of aryl methyl sites for hydroxylation is 2. The van der Waals surface area contributed by atoms with Crippen molar-refractivity contribution in [1.29, 1.82) is 0 Å². The first-order chi connectivity index (χ1) is 19.4. The maximum absolute atomic E-state index is 13.1. The summed E-state index contributed by atoms with van der Waals surface area (Å²) in [7, 11) is 0. The van der Waals surface area contributed by atoms with Crippen LogP contribution in [0.1, 0.15) is 38.1 Å². The molecular formula is C28H21Cl4N3O4S2. The van der Waals surface area contributed by atoms with Crippen LogP contribution in [0.25, 0.3) is 11.3 Å². The number of carboxylic acids is 1. The Hall–Kier alpha value is -2.79. The lowest BCUT2D eigenvalue weighted by Gasteiger charge is -2.15. The number of hydrogen-bond donors (Lipinski definition) is 3. The van der Waals surface area contributed by atoms with Crippen LogP contribution in [0.3, 0.4) is 0 Å². The zero-order valence-corrected chi connectivity index (χ0v) is 26.3. The van der Waals surface area contributed by atoms with Gasteiger partial charge in [-0.05, 0) is 39.0 Å². The van der Waals surface area contributed by atoms with Crippen molar-refractivity contribution in [3.63, 3.8) is 0 Å². The van der Waals surface area contributed by atoms with Gasteiger partial charge in [0.2, 0.25) is 5.91 Å². The molecule has 0 aliphatic heterocycles. The smallest absolute Gasteiger partial charge is 0.338 e. The van der Waals surface area contributed by atoms with E-state index in [1.54, 1.807) is 31.2 Å². The molecule has 1 atom stereocenters. The van der Waals surface area contributed by atoms with Crippen molar-refractivity contribution >= 4 is 98.1 Å². The maximum Gasteiger partial charge on any atom is 0.338 e. The molecule has 41 heavy (non-hydrogen) atoms. The zero-order valence-electron chi connectivity index (χ0n) is 21.6. The lowest BCUT2D eigenvalue weighted by Crippen LogP contribution is -2.22. The van der Waals surface area contributed by atoms with Gasteiger partial charge >= 0.3 is 5.97 Å². The van der Waals surface area contributed by atoms with Gasteiger partial charge in [0.15, 0.2) is 5.13 Å². The Morgan fingerprint density at radius 3 is 2.17 bits per heavy atom. The van der Waals surface area contributed by atoms with E-state index in [9.17, 15) is 19.5 Å².